The molecule has 1 aliphatic heterocycles. The molecule has 1 aromatic carbocycles. The SMILES string of the molecule is CS(=O)(=O)N1CCC(CNCc2cccc(O)c2)CC1. The summed E-state index contributed by atoms with van der Waals surface area (Å²) in [5.41, 5.74) is 1.05. The molecule has 20 heavy (non-hydrogen) atoms. The largest absolute Gasteiger partial charge is 0.508 e. The molecular weight excluding hydrogens is 276 g/mol. The maximum absolute atomic E-state index is 11.4. The van der Waals surface area contributed by atoms with Crippen LogP contribution in [0, 0.1) is 5.92 Å². The van der Waals surface area contributed by atoms with Crippen LogP contribution >= 0.6 is 0 Å². The summed E-state index contributed by atoms with van der Waals surface area (Å²) in [5.74, 6) is 0.802. The van der Waals surface area contributed by atoms with E-state index in [-0.39, 0.29) is 5.75 Å². The summed E-state index contributed by atoms with van der Waals surface area (Å²) in [6.45, 7) is 2.85. The number of nitrogens with zero attached hydrogens (tertiary/aromatic N) is 1. The van der Waals surface area contributed by atoms with Crippen LogP contribution in [0.1, 0.15) is 18.4 Å². The number of nitrogens with one attached hydrogen (secondary N) is 1. The Bertz CT molecular complexity index is 537. The molecule has 0 bridgehead atoms. The second-order valence-corrected chi connectivity index (χ2v) is 7.39. The topological polar surface area (TPSA) is 69.6 Å². The highest BCUT2D eigenvalue weighted by molar-refractivity contribution is 7.88. The van der Waals surface area contributed by atoms with Crippen molar-refractivity contribution in [3.63, 3.8) is 0 Å². The Labute approximate surface area is 120 Å². The zero-order chi connectivity index (χ0) is 14.6. The molecule has 1 fully saturated rings. The zero-order valence-corrected chi connectivity index (χ0v) is 12.6. The highest BCUT2D eigenvalue weighted by Gasteiger charge is 2.24. The van der Waals surface area contributed by atoms with Gasteiger partial charge in [-0.1, -0.05) is 12.1 Å². The van der Waals surface area contributed by atoms with Gasteiger partial charge in [0, 0.05) is 19.6 Å². The van der Waals surface area contributed by atoms with Crippen LogP contribution in [0.2, 0.25) is 0 Å². The van der Waals surface area contributed by atoms with E-state index in [0.29, 0.717) is 19.0 Å². The molecule has 0 amide bonds. The lowest BCUT2D eigenvalue weighted by molar-refractivity contribution is 0.268. The molecule has 2 N–H and O–H groups in total. The first-order chi connectivity index (χ1) is 9.45. The van der Waals surface area contributed by atoms with Gasteiger partial charge in [-0.05, 0) is 43.0 Å². The lowest BCUT2D eigenvalue weighted by atomic mass is 9.98. The summed E-state index contributed by atoms with van der Waals surface area (Å²) in [6, 6.07) is 7.21. The van der Waals surface area contributed by atoms with Crippen LogP contribution in [-0.4, -0.2) is 43.7 Å². The number of piperidine rings is 1. The average molecular weight is 298 g/mol. The van der Waals surface area contributed by atoms with Gasteiger partial charge < -0.3 is 10.4 Å². The first-order valence-corrected chi connectivity index (χ1v) is 8.74. The third kappa shape index (κ3) is 4.47. The minimum atomic E-state index is -3.03. The molecule has 0 radical (unpaired) electrons. The molecule has 0 saturated carbocycles. The van der Waals surface area contributed by atoms with Crippen LogP contribution in [0.3, 0.4) is 0 Å². The van der Waals surface area contributed by atoms with Crippen molar-refractivity contribution >= 4 is 10.0 Å². The van der Waals surface area contributed by atoms with Gasteiger partial charge in [-0.25, -0.2) is 12.7 Å². The molecule has 0 unspecified atom stereocenters. The third-order valence-corrected chi connectivity index (χ3v) is 5.02. The molecule has 5 nitrogen and oxygen atoms in total. The Kier molecular flexibility index (Phi) is 5.01. The van der Waals surface area contributed by atoms with Crippen LogP contribution in [0.25, 0.3) is 0 Å². The third-order valence-electron chi connectivity index (χ3n) is 3.72. The smallest absolute Gasteiger partial charge is 0.211 e. The van der Waals surface area contributed by atoms with Crippen molar-refractivity contribution in [1.82, 2.24) is 9.62 Å². The van der Waals surface area contributed by atoms with Crippen molar-refractivity contribution in [2.45, 2.75) is 19.4 Å². The lowest BCUT2D eigenvalue weighted by Gasteiger charge is -2.30. The number of phenols is 1. The molecule has 0 aliphatic carbocycles. The van der Waals surface area contributed by atoms with Gasteiger partial charge >= 0.3 is 0 Å². The molecule has 0 spiro atoms. The van der Waals surface area contributed by atoms with Crippen LogP contribution in [-0.2, 0) is 16.6 Å². The van der Waals surface area contributed by atoms with E-state index in [1.165, 1.54) is 6.26 Å². The second kappa shape index (κ2) is 6.56. The number of benzene rings is 1. The second-order valence-electron chi connectivity index (χ2n) is 5.41. The average Bonchev–Trinajstić information content (AvgIpc) is 2.38. The standard InChI is InChI=1S/C14H22N2O3S/c1-20(18,19)16-7-5-12(6-8-16)10-15-11-13-3-2-4-14(17)9-13/h2-4,9,12,15,17H,5-8,10-11H2,1H3. The molecule has 6 heteroatoms. The molecule has 1 aliphatic rings. The highest BCUT2D eigenvalue weighted by Crippen LogP contribution is 2.18. The van der Waals surface area contributed by atoms with Gasteiger partial charge in [-0.15, -0.1) is 0 Å². The summed E-state index contributed by atoms with van der Waals surface area (Å²) in [5, 5.41) is 12.7. The Hall–Kier alpha value is -1.11. The lowest BCUT2D eigenvalue weighted by Crippen LogP contribution is -2.40. The van der Waals surface area contributed by atoms with E-state index in [1.807, 2.05) is 12.1 Å². The van der Waals surface area contributed by atoms with Crippen molar-refractivity contribution < 1.29 is 13.5 Å². The Morgan fingerprint density at radius 3 is 2.65 bits per heavy atom. The van der Waals surface area contributed by atoms with Crippen molar-refractivity contribution in [3.8, 4) is 5.75 Å². The van der Waals surface area contributed by atoms with E-state index in [9.17, 15) is 13.5 Å². The van der Waals surface area contributed by atoms with E-state index < -0.39 is 10.0 Å². The van der Waals surface area contributed by atoms with Gasteiger partial charge in [0.1, 0.15) is 5.75 Å². The maximum atomic E-state index is 11.4. The number of aromatic hydroxyl groups is 1. The summed E-state index contributed by atoms with van der Waals surface area (Å²) < 4.78 is 24.4. The quantitative estimate of drug-likeness (QED) is 0.855. The van der Waals surface area contributed by atoms with E-state index in [0.717, 1.165) is 31.5 Å². The van der Waals surface area contributed by atoms with Gasteiger partial charge in [0.2, 0.25) is 10.0 Å². The molecule has 2 rings (SSSR count). The molecule has 0 aromatic heterocycles. The fraction of sp³-hybridized carbons (Fsp3) is 0.571. The van der Waals surface area contributed by atoms with E-state index >= 15 is 0 Å². The first-order valence-electron chi connectivity index (χ1n) is 6.89. The van der Waals surface area contributed by atoms with Crippen LogP contribution in [0.15, 0.2) is 24.3 Å². The van der Waals surface area contributed by atoms with E-state index in [1.54, 1.807) is 16.4 Å². The Morgan fingerprint density at radius 2 is 2.05 bits per heavy atom. The Balaban J connectivity index is 1.71. The van der Waals surface area contributed by atoms with Gasteiger partial charge in [-0.3, -0.25) is 0 Å². The molecule has 112 valence electrons. The normalized spacial score (nSPS) is 18.2. The van der Waals surface area contributed by atoms with Gasteiger partial charge in [0.05, 0.1) is 6.26 Å². The molecular formula is C14H22N2O3S. The molecule has 1 heterocycles. The maximum Gasteiger partial charge on any atom is 0.211 e. The Morgan fingerprint density at radius 1 is 1.35 bits per heavy atom. The predicted molar refractivity (Wildman–Crippen MR) is 79.0 cm³/mol. The van der Waals surface area contributed by atoms with E-state index in [2.05, 4.69) is 5.32 Å². The number of sulfonamides is 1. The molecule has 1 saturated heterocycles. The van der Waals surface area contributed by atoms with Gasteiger partial charge in [-0.2, -0.15) is 0 Å². The van der Waals surface area contributed by atoms with Crippen LogP contribution in [0.4, 0.5) is 0 Å². The van der Waals surface area contributed by atoms with E-state index in [4.69, 9.17) is 0 Å². The summed E-state index contributed by atoms with van der Waals surface area (Å²) in [4.78, 5) is 0. The summed E-state index contributed by atoms with van der Waals surface area (Å²) in [6.07, 6.45) is 3.08. The van der Waals surface area contributed by atoms with Crippen molar-refractivity contribution in [1.29, 1.82) is 0 Å². The molecule has 1 aromatic rings. The number of hydrogen-bond acceptors (Lipinski definition) is 4. The van der Waals surface area contributed by atoms with Crippen molar-refractivity contribution in [2.75, 3.05) is 25.9 Å². The number of phenolic OH excluding ortho intramolecular Hbond substituents is 1. The van der Waals surface area contributed by atoms with Gasteiger partial charge in [0.15, 0.2) is 0 Å². The van der Waals surface area contributed by atoms with Crippen LogP contribution in [0.5, 0.6) is 5.75 Å². The predicted octanol–water partition coefficient (Wildman–Crippen LogP) is 1.15. The fourth-order valence-corrected chi connectivity index (χ4v) is 3.41. The minimum Gasteiger partial charge on any atom is -0.508 e. The van der Waals surface area contributed by atoms with Gasteiger partial charge in [0.25, 0.3) is 0 Å². The fourth-order valence-electron chi connectivity index (χ4n) is 2.53. The summed E-state index contributed by atoms with van der Waals surface area (Å²) in [7, 11) is -3.03. The van der Waals surface area contributed by atoms with Crippen LogP contribution < -0.4 is 5.32 Å². The van der Waals surface area contributed by atoms with Crippen molar-refractivity contribution in [2.24, 2.45) is 5.92 Å². The van der Waals surface area contributed by atoms with Crippen molar-refractivity contribution in [3.05, 3.63) is 29.8 Å². The first kappa shape index (κ1) is 15.3. The highest BCUT2D eigenvalue weighted by atomic mass is 32.2. The summed E-state index contributed by atoms with van der Waals surface area (Å²) >= 11 is 0. The minimum absolute atomic E-state index is 0.283. The zero-order valence-electron chi connectivity index (χ0n) is 11.7. The monoisotopic (exact) mass is 298 g/mol. The molecule has 0 atom stereocenters. The number of rotatable bonds is 5. The number of hydrogen-bond donors (Lipinski definition) is 2.